The number of aromatic nitrogens is 2. The number of fused-ring (bicyclic) bond motifs is 1. The van der Waals surface area contributed by atoms with Crippen LogP contribution in [0.25, 0.3) is 11.0 Å². The molecule has 0 amide bonds. The Bertz CT molecular complexity index is 608. The van der Waals surface area contributed by atoms with E-state index in [0.29, 0.717) is 11.2 Å². The number of methoxy groups -OCH3 is 1. The van der Waals surface area contributed by atoms with Crippen molar-refractivity contribution in [1.29, 1.82) is 0 Å². The molecule has 0 bridgehead atoms. The van der Waals surface area contributed by atoms with Gasteiger partial charge in [-0.1, -0.05) is 0 Å². The lowest BCUT2D eigenvalue weighted by molar-refractivity contribution is 0.0600. The Balaban J connectivity index is 2.00. The number of hydrogen-bond donors (Lipinski definition) is 0. The molecular weight excluding hydrogens is 230 g/mol. The molecular formula is C13H13N3O2. The van der Waals surface area contributed by atoms with Crippen molar-refractivity contribution in [3.63, 3.8) is 0 Å². The fourth-order valence-electron chi connectivity index (χ4n) is 1.95. The summed E-state index contributed by atoms with van der Waals surface area (Å²) in [6.45, 7) is 2.11. The fourth-order valence-corrected chi connectivity index (χ4v) is 1.95. The number of pyridine rings is 2. The van der Waals surface area contributed by atoms with E-state index in [1.807, 2.05) is 12.1 Å². The molecule has 2 aromatic heterocycles. The average molecular weight is 243 g/mol. The van der Waals surface area contributed by atoms with Gasteiger partial charge in [0.25, 0.3) is 0 Å². The van der Waals surface area contributed by atoms with E-state index < -0.39 is 0 Å². The molecule has 5 heteroatoms. The first kappa shape index (κ1) is 11.0. The van der Waals surface area contributed by atoms with Crippen molar-refractivity contribution in [3.05, 3.63) is 30.0 Å². The predicted octanol–water partition coefficient (Wildman–Crippen LogP) is 1.63. The molecule has 1 fully saturated rings. The predicted molar refractivity (Wildman–Crippen MR) is 67.7 cm³/mol. The van der Waals surface area contributed by atoms with E-state index in [9.17, 15) is 4.79 Å². The number of rotatable bonds is 2. The highest BCUT2D eigenvalue weighted by molar-refractivity contribution is 5.93. The zero-order valence-electron chi connectivity index (χ0n) is 10.1. The third kappa shape index (κ3) is 1.77. The van der Waals surface area contributed by atoms with Gasteiger partial charge in [0.15, 0.2) is 5.65 Å². The molecule has 0 radical (unpaired) electrons. The molecule has 3 rings (SSSR count). The highest BCUT2D eigenvalue weighted by Gasteiger charge is 2.16. The standard InChI is InChI=1S/C13H13N3O2/c1-18-13(17)10-7-9-3-4-11(16-5-2-6-16)15-12(9)14-8-10/h3-4,7-8H,2,5-6H2,1H3. The maximum atomic E-state index is 11.4. The Morgan fingerprint density at radius 3 is 2.89 bits per heavy atom. The third-order valence-electron chi connectivity index (χ3n) is 3.13. The van der Waals surface area contributed by atoms with Crippen LogP contribution < -0.4 is 4.90 Å². The SMILES string of the molecule is COC(=O)c1cnc2nc(N3CCC3)ccc2c1. The van der Waals surface area contributed by atoms with Gasteiger partial charge in [-0.3, -0.25) is 0 Å². The Morgan fingerprint density at radius 1 is 1.39 bits per heavy atom. The quantitative estimate of drug-likeness (QED) is 0.750. The summed E-state index contributed by atoms with van der Waals surface area (Å²) in [4.78, 5) is 22.3. The van der Waals surface area contributed by atoms with Gasteiger partial charge < -0.3 is 9.64 Å². The molecule has 92 valence electrons. The molecule has 0 aromatic carbocycles. The van der Waals surface area contributed by atoms with Gasteiger partial charge in [0.05, 0.1) is 12.7 Å². The Morgan fingerprint density at radius 2 is 2.22 bits per heavy atom. The van der Waals surface area contributed by atoms with Crippen LogP contribution in [-0.4, -0.2) is 36.1 Å². The van der Waals surface area contributed by atoms with Crippen molar-refractivity contribution in [3.8, 4) is 0 Å². The van der Waals surface area contributed by atoms with Crippen LogP contribution in [0.15, 0.2) is 24.4 Å². The molecule has 2 aromatic rings. The van der Waals surface area contributed by atoms with Crippen molar-refractivity contribution in [1.82, 2.24) is 9.97 Å². The summed E-state index contributed by atoms with van der Waals surface area (Å²) in [5.74, 6) is 0.572. The molecule has 0 spiro atoms. The Labute approximate surface area is 104 Å². The maximum Gasteiger partial charge on any atom is 0.339 e. The smallest absolute Gasteiger partial charge is 0.339 e. The van der Waals surface area contributed by atoms with Crippen LogP contribution >= 0.6 is 0 Å². The van der Waals surface area contributed by atoms with Crippen LogP contribution in [-0.2, 0) is 4.74 Å². The second kappa shape index (κ2) is 4.25. The molecule has 3 heterocycles. The van der Waals surface area contributed by atoms with Crippen LogP contribution in [0.1, 0.15) is 16.8 Å². The van der Waals surface area contributed by atoms with E-state index in [1.165, 1.54) is 19.7 Å². The molecule has 18 heavy (non-hydrogen) atoms. The van der Waals surface area contributed by atoms with Gasteiger partial charge in [-0.25, -0.2) is 14.8 Å². The van der Waals surface area contributed by atoms with Crippen molar-refractivity contribution < 1.29 is 9.53 Å². The lowest BCUT2D eigenvalue weighted by atomic mass is 10.2. The zero-order chi connectivity index (χ0) is 12.5. The van der Waals surface area contributed by atoms with Gasteiger partial charge >= 0.3 is 5.97 Å². The molecule has 1 saturated heterocycles. The Hall–Kier alpha value is -2.17. The van der Waals surface area contributed by atoms with Gasteiger partial charge in [-0.15, -0.1) is 0 Å². The number of carbonyl (C=O) groups excluding carboxylic acids is 1. The topological polar surface area (TPSA) is 55.3 Å². The van der Waals surface area contributed by atoms with E-state index >= 15 is 0 Å². The number of carbonyl (C=O) groups is 1. The highest BCUT2D eigenvalue weighted by Crippen LogP contribution is 2.21. The summed E-state index contributed by atoms with van der Waals surface area (Å²) >= 11 is 0. The summed E-state index contributed by atoms with van der Waals surface area (Å²) < 4.78 is 4.67. The first-order valence-corrected chi connectivity index (χ1v) is 5.88. The van der Waals surface area contributed by atoms with E-state index in [4.69, 9.17) is 0 Å². The van der Waals surface area contributed by atoms with Gasteiger partial charge in [-0.05, 0) is 24.6 Å². The van der Waals surface area contributed by atoms with Gasteiger partial charge in [0.1, 0.15) is 5.82 Å². The lowest BCUT2D eigenvalue weighted by Gasteiger charge is -2.31. The monoisotopic (exact) mass is 243 g/mol. The third-order valence-corrected chi connectivity index (χ3v) is 3.13. The van der Waals surface area contributed by atoms with Gasteiger partial charge in [0, 0.05) is 24.7 Å². The van der Waals surface area contributed by atoms with Crippen LogP contribution in [0.3, 0.4) is 0 Å². The van der Waals surface area contributed by atoms with Crippen LogP contribution in [0.2, 0.25) is 0 Å². The lowest BCUT2D eigenvalue weighted by Crippen LogP contribution is -2.37. The van der Waals surface area contributed by atoms with Crippen LogP contribution in [0.4, 0.5) is 5.82 Å². The molecule has 0 aliphatic carbocycles. The summed E-state index contributed by atoms with van der Waals surface area (Å²) in [6, 6.07) is 5.65. The molecule has 0 saturated carbocycles. The molecule has 0 atom stereocenters. The molecule has 0 unspecified atom stereocenters. The van der Waals surface area contributed by atoms with Crippen molar-refractivity contribution in [2.75, 3.05) is 25.1 Å². The first-order chi connectivity index (χ1) is 8.78. The average Bonchev–Trinajstić information content (AvgIpc) is 2.35. The van der Waals surface area contributed by atoms with Crippen LogP contribution in [0.5, 0.6) is 0 Å². The zero-order valence-corrected chi connectivity index (χ0v) is 10.1. The van der Waals surface area contributed by atoms with Crippen molar-refractivity contribution >= 4 is 22.8 Å². The summed E-state index contributed by atoms with van der Waals surface area (Å²) in [6.07, 6.45) is 2.72. The number of ether oxygens (including phenoxy) is 1. The van der Waals surface area contributed by atoms with Gasteiger partial charge in [0.2, 0.25) is 0 Å². The van der Waals surface area contributed by atoms with Crippen molar-refractivity contribution in [2.24, 2.45) is 0 Å². The number of esters is 1. The number of anilines is 1. The second-order valence-corrected chi connectivity index (χ2v) is 4.27. The number of hydrogen-bond acceptors (Lipinski definition) is 5. The Kier molecular flexibility index (Phi) is 2.59. The molecule has 0 N–H and O–H groups in total. The van der Waals surface area contributed by atoms with E-state index in [2.05, 4.69) is 19.6 Å². The summed E-state index contributed by atoms with van der Waals surface area (Å²) in [5.41, 5.74) is 1.11. The maximum absolute atomic E-state index is 11.4. The molecule has 1 aliphatic rings. The fraction of sp³-hybridized carbons (Fsp3) is 0.308. The van der Waals surface area contributed by atoms with Gasteiger partial charge in [-0.2, -0.15) is 0 Å². The van der Waals surface area contributed by atoms with Crippen molar-refractivity contribution in [2.45, 2.75) is 6.42 Å². The highest BCUT2D eigenvalue weighted by atomic mass is 16.5. The molecule has 5 nitrogen and oxygen atoms in total. The second-order valence-electron chi connectivity index (χ2n) is 4.27. The van der Waals surface area contributed by atoms with Crippen LogP contribution in [0, 0.1) is 0 Å². The first-order valence-electron chi connectivity index (χ1n) is 5.88. The minimum absolute atomic E-state index is 0.379. The minimum atomic E-state index is -0.379. The summed E-state index contributed by atoms with van der Waals surface area (Å²) in [7, 11) is 1.36. The largest absolute Gasteiger partial charge is 0.465 e. The van der Waals surface area contributed by atoms with E-state index in [-0.39, 0.29) is 5.97 Å². The summed E-state index contributed by atoms with van der Waals surface area (Å²) in [5, 5.41) is 0.849. The van der Waals surface area contributed by atoms with E-state index in [1.54, 1.807) is 6.07 Å². The normalized spacial score (nSPS) is 14.4. The number of nitrogens with zero attached hydrogens (tertiary/aromatic N) is 3. The van der Waals surface area contributed by atoms with E-state index in [0.717, 1.165) is 24.3 Å². The molecule has 1 aliphatic heterocycles. The minimum Gasteiger partial charge on any atom is -0.465 e.